The Labute approximate surface area is 107 Å². The highest BCUT2D eigenvalue weighted by Crippen LogP contribution is 2.21. The zero-order valence-electron chi connectivity index (χ0n) is 10.4. The average molecular weight is 278 g/mol. The van der Waals surface area contributed by atoms with Crippen molar-refractivity contribution in [2.75, 3.05) is 30.5 Å². The summed E-state index contributed by atoms with van der Waals surface area (Å²) in [6.45, 7) is 4.01. The van der Waals surface area contributed by atoms with Gasteiger partial charge < -0.3 is 4.90 Å². The maximum Gasteiger partial charge on any atom is 0.171 e. The SMILES string of the molecule is Cc1nc(Cl)c(N(C)CCS(C)(=O)=O)nc1C. The molecule has 1 heterocycles. The quantitative estimate of drug-likeness (QED) is 0.828. The summed E-state index contributed by atoms with van der Waals surface area (Å²) in [5, 5.41) is 0.295. The van der Waals surface area contributed by atoms with Crippen molar-refractivity contribution in [3.63, 3.8) is 0 Å². The van der Waals surface area contributed by atoms with Crippen LogP contribution in [0.2, 0.25) is 5.15 Å². The molecule has 96 valence electrons. The fourth-order valence-electron chi connectivity index (χ4n) is 1.22. The number of hydrogen-bond acceptors (Lipinski definition) is 5. The molecular formula is C10H16ClN3O2S. The summed E-state index contributed by atoms with van der Waals surface area (Å²) in [6.07, 6.45) is 1.20. The van der Waals surface area contributed by atoms with Gasteiger partial charge >= 0.3 is 0 Å². The molecule has 0 N–H and O–H groups in total. The molecular weight excluding hydrogens is 262 g/mol. The Morgan fingerprint density at radius 2 is 1.76 bits per heavy atom. The number of aromatic nitrogens is 2. The van der Waals surface area contributed by atoms with Gasteiger partial charge in [-0.3, -0.25) is 0 Å². The van der Waals surface area contributed by atoms with Crippen LogP contribution in [0.25, 0.3) is 0 Å². The van der Waals surface area contributed by atoms with Crippen molar-refractivity contribution in [3.05, 3.63) is 16.5 Å². The van der Waals surface area contributed by atoms with Gasteiger partial charge in [0.15, 0.2) is 11.0 Å². The topological polar surface area (TPSA) is 63.2 Å². The van der Waals surface area contributed by atoms with Crippen LogP contribution in [0, 0.1) is 13.8 Å². The first-order valence-electron chi connectivity index (χ1n) is 5.10. The van der Waals surface area contributed by atoms with E-state index in [0.29, 0.717) is 17.5 Å². The predicted octanol–water partition coefficient (Wildman–Crippen LogP) is 1.23. The fourth-order valence-corrected chi connectivity index (χ4v) is 2.13. The monoisotopic (exact) mass is 277 g/mol. The van der Waals surface area contributed by atoms with Gasteiger partial charge in [0.2, 0.25) is 0 Å². The molecule has 1 aromatic heterocycles. The van der Waals surface area contributed by atoms with Crippen molar-refractivity contribution in [1.29, 1.82) is 0 Å². The molecule has 0 atom stereocenters. The highest BCUT2D eigenvalue weighted by Gasteiger charge is 2.13. The molecule has 0 aliphatic carbocycles. The highest BCUT2D eigenvalue weighted by molar-refractivity contribution is 7.90. The Morgan fingerprint density at radius 3 is 2.29 bits per heavy atom. The largest absolute Gasteiger partial charge is 0.356 e. The van der Waals surface area contributed by atoms with Crippen LogP contribution in [0.4, 0.5) is 5.82 Å². The van der Waals surface area contributed by atoms with Crippen molar-refractivity contribution in [2.45, 2.75) is 13.8 Å². The van der Waals surface area contributed by atoms with E-state index in [2.05, 4.69) is 9.97 Å². The molecule has 0 spiro atoms. The maximum atomic E-state index is 11.1. The van der Waals surface area contributed by atoms with E-state index in [0.717, 1.165) is 11.4 Å². The molecule has 5 nitrogen and oxygen atoms in total. The van der Waals surface area contributed by atoms with E-state index >= 15 is 0 Å². The summed E-state index contributed by atoms with van der Waals surface area (Å²) in [6, 6.07) is 0. The molecule has 7 heteroatoms. The summed E-state index contributed by atoms with van der Waals surface area (Å²) in [5.74, 6) is 0.576. The molecule has 17 heavy (non-hydrogen) atoms. The number of anilines is 1. The Hall–Kier alpha value is -0.880. The Bertz CT molecular complexity index is 517. The van der Waals surface area contributed by atoms with E-state index in [1.54, 1.807) is 11.9 Å². The van der Waals surface area contributed by atoms with E-state index in [9.17, 15) is 8.42 Å². The van der Waals surface area contributed by atoms with Crippen LogP contribution in [0.3, 0.4) is 0 Å². The number of sulfone groups is 1. The van der Waals surface area contributed by atoms with Gasteiger partial charge in [0, 0.05) is 19.8 Å². The van der Waals surface area contributed by atoms with Gasteiger partial charge in [0.25, 0.3) is 0 Å². The van der Waals surface area contributed by atoms with Crippen molar-refractivity contribution < 1.29 is 8.42 Å². The van der Waals surface area contributed by atoms with E-state index in [4.69, 9.17) is 11.6 Å². The molecule has 0 unspecified atom stereocenters. The predicted molar refractivity (Wildman–Crippen MR) is 69.5 cm³/mol. The van der Waals surface area contributed by atoms with Gasteiger partial charge in [-0.25, -0.2) is 18.4 Å². The molecule has 1 aromatic rings. The van der Waals surface area contributed by atoms with Gasteiger partial charge in [0.1, 0.15) is 9.84 Å². The number of nitrogens with zero attached hydrogens (tertiary/aromatic N) is 3. The number of halogens is 1. The Kier molecular flexibility index (Phi) is 4.32. The normalized spacial score (nSPS) is 11.6. The molecule has 0 saturated carbocycles. The first-order chi connectivity index (χ1) is 7.70. The first kappa shape index (κ1) is 14.2. The van der Waals surface area contributed by atoms with Crippen LogP contribution in [0.1, 0.15) is 11.4 Å². The third-order valence-corrected chi connectivity index (χ3v) is 3.58. The summed E-state index contributed by atoms with van der Waals surface area (Å²) < 4.78 is 22.2. The second-order valence-corrected chi connectivity index (χ2v) is 6.68. The first-order valence-corrected chi connectivity index (χ1v) is 7.54. The van der Waals surface area contributed by atoms with E-state index < -0.39 is 9.84 Å². The van der Waals surface area contributed by atoms with E-state index in [1.165, 1.54) is 6.26 Å². The summed E-state index contributed by atoms with van der Waals surface area (Å²) in [4.78, 5) is 10.2. The Morgan fingerprint density at radius 1 is 1.24 bits per heavy atom. The molecule has 0 radical (unpaired) electrons. The lowest BCUT2D eigenvalue weighted by atomic mass is 10.3. The van der Waals surface area contributed by atoms with Gasteiger partial charge in [-0.05, 0) is 13.8 Å². The van der Waals surface area contributed by atoms with Crippen LogP contribution in [-0.4, -0.2) is 44.0 Å². The van der Waals surface area contributed by atoms with Gasteiger partial charge in [-0.15, -0.1) is 0 Å². The van der Waals surface area contributed by atoms with Gasteiger partial charge in [0.05, 0.1) is 17.1 Å². The van der Waals surface area contributed by atoms with Crippen LogP contribution in [0.5, 0.6) is 0 Å². The Balaban J connectivity index is 2.89. The maximum absolute atomic E-state index is 11.1. The number of hydrogen-bond donors (Lipinski definition) is 0. The van der Waals surface area contributed by atoms with Crippen LogP contribution in [-0.2, 0) is 9.84 Å². The molecule has 0 saturated heterocycles. The van der Waals surface area contributed by atoms with Crippen LogP contribution in [0.15, 0.2) is 0 Å². The lowest BCUT2D eigenvalue weighted by Gasteiger charge is -2.19. The lowest BCUT2D eigenvalue weighted by molar-refractivity contribution is 0.601. The molecule has 0 amide bonds. The van der Waals surface area contributed by atoms with Gasteiger partial charge in [-0.1, -0.05) is 11.6 Å². The lowest BCUT2D eigenvalue weighted by Crippen LogP contribution is -2.26. The van der Waals surface area contributed by atoms with Crippen molar-refractivity contribution in [1.82, 2.24) is 9.97 Å². The molecule has 0 bridgehead atoms. The smallest absolute Gasteiger partial charge is 0.171 e. The third-order valence-electron chi connectivity index (χ3n) is 2.41. The zero-order chi connectivity index (χ0) is 13.2. The highest BCUT2D eigenvalue weighted by atomic mass is 35.5. The minimum Gasteiger partial charge on any atom is -0.356 e. The van der Waals surface area contributed by atoms with Crippen LogP contribution >= 0.6 is 11.6 Å². The van der Waals surface area contributed by atoms with Crippen molar-refractivity contribution >= 4 is 27.3 Å². The second-order valence-electron chi connectivity index (χ2n) is 4.06. The standard InChI is InChI=1S/C10H16ClN3O2S/c1-7-8(2)13-10(9(11)12-7)14(3)5-6-17(4,15)16/h5-6H2,1-4H3. The fraction of sp³-hybridized carbons (Fsp3) is 0.600. The minimum atomic E-state index is -2.99. The van der Waals surface area contributed by atoms with Gasteiger partial charge in [-0.2, -0.15) is 0 Å². The van der Waals surface area contributed by atoms with Crippen LogP contribution < -0.4 is 4.90 Å². The van der Waals surface area contributed by atoms with E-state index in [-0.39, 0.29) is 5.75 Å². The second kappa shape index (κ2) is 5.18. The van der Waals surface area contributed by atoms with E-state index in [1.807, 2.05) is 13.8 Å². The van der Waals surface area contributed by atoms with Crippen molar-refractivity contribution in [2.24, 2.45) is 0 Å². The van der Waals surface area contributed by atoms with Crippen molar-refractivity contribution in [3.8, 4) is 0 Å². The summed E-state index contributed by atoms with van der Waals surface area (Å²) >= 11 is 5.98. The number of aryl methyl sites for hydroxylation is 2. The molecule has 0 fully saturated rings. The molecule has 0 aliphatic heterocycles. The average Bonchev–Trinajstić information content (AvgIpc) is 2.19. The third kappa shape index (κ3) is 4.12. The summed E-state index contributed by atoms with van der Waals surface area (Å²) in [5.41, 5.74) is 1.56. The number of rotatable bonds is 4. The molecule has 1 rings (SSSR count). The summed E-state index contributed by atoms with van der Waals surface area (Å²) in [7, 11) is -1.25. The zero-order valence-corrected chi connectivity index (χ0v) is 11.9. The minimum absolute atomic E-state index is 0.0639. The molecule has 0 aromatic carbocycles. The molecule has 0 aliphatic rings.